The normalized spacial score (nSPS) is 13.1. The Labute approximate surface area is 73.2 Å². The fraction of sp³-hybridized carbons (Fsp3) is 0.250. The monoisotopic (exact) mass is 188 g/mol. The first kappa shape index (κ1) is 9.54. The van der Waals surface area contributed by atoms with Crippen LogP contribution in [0.2, 0.25) is 0 Å². The van der Waals surface area contributed by atoms with E-state index in [1.807, 2.05) is 19.9 Å². The molecular weight excluding hydrogens is 176 g/mol. The molecule has 0 aliphatic rings. The van der Waals surface area contributed by atoms with Crippen molar-refractivity contribution in [1.29, 1.82) is 0 Å². The Bertz CT molecular complexity index is 271. The molecule has 3 nitrogen and oxygen atoms in total. The molecule has 3 N–H and O–H groups in total. The lowest BCUT2D eigenvalue weighted by molar-refractivity contribution is 0.376. The van der Waals surface area contributed by atoms with E-state index < -0.39 is 10.9 Å². The fourth-order valence-electron chi connectivity index (χ4n) is 1.09. The number of benzene rings is 1. The first-order valence-electron chi connectivity index (χ1n) is 3.48. The van der Waals surface area contributed by atoms with Crippen LogP contribution in [0.3, 0.4) is 0 Å². The maximum absolute atomic E-state index is 8.93. The maximum Gasteiger partial charge on any atom is 0.112 e. The fourth-order valence-corrected chi connectivity index (χ4v) is 1.78. The Morgan fingerprint density at radius 2 is 1.33 bits per heavy atom. The Kier molecular flexibility index (Phi) is 2.44. The summed E-state index contributed by atoms with van der Waals surface area (Å²) in [4.78, 5) is 0.181. The van der Waals surface area contributed by atoms with Crippen LogP contribution in [0.5, 0.6) is 0 Å². The summed E-state index contributed by atoms with van der Waals surface area (Å²) in [6.45, 7) is 3.67. The number of aryl methyl sites for hydroxylation is 2. The molecule has 0 unspecified atom stereocenters. The van der Waals surface area contributed by atoms with Crippen molar-refractivity contribution in [3.05, 3.63) is 29.3 Å². The van der Waals surface area contributed by atoms with E-state index in [9.17, 15) is 0 Å². The van der Waals surface area contributed by atoms with Crippen molar-refractivity contribution < 1.29 is 13.7 Å². The van der Waals surface area contributed by atoms with E-state index in [0.717, 1.165) is 11.1 Å². The molecule has 0 aliphatic carbocycles. The zero-order valence-corrected chi connectivity index (χ0v) is 7.80. The lowest BCUT2D eigenvalue weighted by Gasteiger charge is -2.19. The lowest BCUT2D eigenvalue weighted by Crippen LogP contribution is -1.96. The summed E-state index contributed by atoms with van der Waals surface area (Å²) in [5, 5.41) is 0. The minimum absolute atomic E-state index is 0.181. The maximum atomic E-state index is 8.93. The highest BCUT2D eigenvalue weighted by atomic mass is 32.3. The van der Waals surface area contributed by atoms with Gasteiger partial charge in [0.25, 0.3) is 0 Å². The van der Waals surface area contributed by atoms with Crippen LogP contribution in [0.4, 0.5) is 0 Å². The van der Waals surface area contributed by atoms with Gasteiger partial charge in [0.2, 0.25) is 0 Å². The average molecular weight is 188 g/mol. The van der Waals surface area contributed by atoms with Crippen LogP contribution in [0.25, 0.3) is 0 Å². The molecule has 0 saturated heterocycles. The smallest absolute Gasteiger partial charge is 0.112 e. The zero-order valence-electron chi connectivity index (χ0n) is 6.98. The second kappa shape index (κ2) is 3.06. The molecule has 0 fully saturated rings. The van der Waals surface area contributed by atoms with Crippen molar-refractivity contribution >= 4 is 10.9 Å². The molecule has 0 aliphatic heterocycles. The highest BCUT2D eigenvalue weighted by Gasteiger charge is 2.15. The molecule has 0 atom stereocenters. The van der Waals surface area contributed by atoms with Crippen molar-refractivity contribution in [1.82, 2.24) is 0 Å². The lowest BCUT2D eigenvalue weighted by atomic mass is 10.2. The van der Waals surface area contributed by atoms with E-state index in [4.69, 9.17) is 13.7 Å². The molecule has 0 saturated carbocycles. The summed E-state index contributed by atoms with van der Waals surface area (Å²) in [6.07, 6.45) is 0. The van der Waals surface area contributed by atoms with Gasteiger partial charge in [-0.2, -0.15) is 0 Å². The van der Waals surface area contributed by atoms with Gasteiger partial charge in [0.15, 0.2) is 0 Å². The molecule has 1 aromatic carbocycles. The minimum Gasteiger partial charge on any atom is -0.304 e. The molecule has 0 bridgehead atoms. The van der Waals surface area contributed by atoms with Crippen molar-refractivity contribution in [2.24, 2.45) is 0 Å². The first-order chi connectivity index (χ1) is 5.39. The molecule has 0 radical (unpaired) electrons. The van der Waals surface area contributed by atoms with Gasteiger partial charge in [-0.1, -0.05) is 6.07 Å². The Morgan fingerprint density at radius 1 is 0.917 bits per heavy atom. The SMILES string of the molecule is Cc1cc(C)cc(S(O)(O)O)c1. The largest absolute Gasteiger partial charge is 0.304 e. The van der Waals surface area contributed by atoms with Gasteiger partial charge < -0.3 is 13.7 Å². The third-order valence-corrected chi connectivity index (χ3v) is 2.38. The summed E-state index contributed by atoms with van der Waals surface area (Å²) >= 11 is 0. The summed E-state index contributed by atoms with van der Waals surface area (Å²) in [5.74, 6) is 0. The van der Waals surface area contributed by atoms with E-state index in [1.54, 1.807) is 12.1 Å². The Balaban J connectivity index is 3.18. The summed E-state index contributed by atoms with van der Waals surface area (Å²) in [6, 6.07) is 5.01. The average Bonchev–Trinajstić information content (AvgIpc) is 1.82. The summed E-state index contributed by atoms with van der Waals surface area (Å²) in [5.41, 5.74) is 1.80. The molecule has 0 aromatic heterocycles. The standard InChI is InChI=1S/C8H12O3S/c1-6-3-7(2)5-8(4-6)12(9,10)11/h3-5,9-11H,1-2H3. The molecule has 1 aromatic rings. The van der Waals surface area contributed by atoms with Gasteiger partial charge in [0.05, 0.1) is 4.90 Å². The van der Waals surface area contributed by atoms with Gasteiger partial charge in [-0.05, 0) is 37.1 Å². The van der Waals surface area contributed by atoms with Crippen LogP contribution in [-0.4, -0.2) is 13.7 Å². The van der Waals surface area contributed by atoms with E-state index in [1.165, 1.54) is 0 Å². The van der Waals surface area contributed by atoms with Crippen LogP contribution in [0, 0.1) is 13.8 Å². The van der Waals surface area contributed by atoms with Gasteiger partial charge in [-0.25, -0.2) is 0 Å². The van der Waals surface area contributed by atoms with Gasteiger partial charge in [0.1, 0.15) is 10.9 Å². The van der Waals surface area contributed by atoms with Crippen molar-refractivity contribution in [2.45, 2.75) is 18.7 Å². The molecule has 0 amide bonds. The summed E-state index contributed by atoms with van der Waals surface area (Å²) < 4.78 is 26.8. The number of hydrogen-bond acceptors (Lipinski definition) is 3. The van der Waals surface area contributed by atoms with Crippen LogP contribution >= 0.6 is 10.9 Å². The van der Waals surface area contributed by atoms with E-state index in [-0.39, 0.29) is 4.90 Å². The third kappa shape index (κ3) is 2.22. The Morgan fingerprint density at radius 3 is 1.67 bits per heavy atom. The van der Waals surface area contributed by atoms with Gasteiger partial charge in [-0.3, -0.25) is 0 Å². The van der Waals surface area contributed by atoms with Crippen LogP contribution < -0.4 is 0 Å². The second-order valence-electron chi connectivity index (χ2n) is 2.84. The predicted octanol–water partition coefficient (Wildman–Crippen LogP) is 2.89. The molecule has 68 valence electrons. The highest BCUT2D eigenvalue weighted by Crippen LogP contribution is 2.43. The number of rotatable bonds is 1. The molecule has 0 heterocycles. The predicted molar refractivity (Wildman–Crippen MR) is 49.7 cm³/mol. The molecule has 4 heteroatoms. The van der Waals surface area contributed by atoms with Gasteiger partial charge in [-0.15, -0.1) is 0 Å². The minimum atomic E-state index is -3.55. The van der Waals surface area contributed by atoms with Gasteiger partial charge >= 0.3 is 0 Å². The quantitative estimate of drug-likeness (QED) is 0.635. The van der Waals surface area contributed by atoms with Crippen molar-refractivity contribution in [3.63, 3.8) is 0 Å². The molecule has 1 rings (SSSR count). The Hall–Kier alpha value is -0.550. The van der Waals surface area contributed by atoms with E-state index >= 15 is 0 Å². The van der Waals surface area contributed by atoms with Crippen LogP contribution in [0.1, 0.15) is 11.1 Å². The third-order valence-electron chi connectivity index (χ3n) is 1.51. The van der Waals surface area contributed by atoms with E-state index in [2.05, 4.69) is 0 Å². The first-order valence-corrected chi connectivity index (χ1v) is 4.99. The van der Waals surface area contributed by atoms with Crippen molar-refractivity contribution in [2.75, 3.05) is 0 Å². The summed E-state index contributed by atoms with van der Waals surface area (Å²) in [7, 11) is -3.55. The highest BCUT2D eigenvalue weighted by molar-refractivity contribution is 8.19. The van der Waals surface area contributed by atoms with Crippen LogP contribution in [-0.2, 0) is 0 Å². The number of hydrogen-bond donors (Lipinski definition) is 3. The zero-order chi connectivity index (χ0) is 9.35. The second-order valence-corrected chi connectivity index (χ2v) is 4.35. The van der Waals surface area contributed by atoms with E-state index in [0.29, 0.717) is 0 Å². The molecular formula is C8H12O3S. The van der Waals surface area contributed by atoms with Crippen LogP contribution in [0.15, 0.2) is 23.1 Å². The van der Waals surface area contributed by atoms with Gasteiger partial charge in [0, 0.05) is 0 Å². The molecule has 12 heavy (non-hydrogen) atoms. The van der Waals surface area contributed by atoms with Crippen molar-refractivity contribution in [3.8, 4) is 0 Å². The molecule has 0 spiro atoms. The topological polar surface area (TPSA) is 60.7 Å².